The van der Waals surface area contributed by atoms with Crippen LogP contribution >= 0.6 is 0 Å². The third-order valence-electron chi connectivity index (χ3n) is 4.19. The molecule has 0 aliphatic carbocycles. The molecule has 2 unspecified atom stereocenters. The van der Waals surface area contributed by atoms with Crippen LogP contribution in [0.4, 0.5) is 5.69 Å². The molecular formula is C15H21N5O. The summed E-state index contributed by atoms with van der Waals surface area (Å²) < 4.78 is 5.22. The van der Waals surface area contributed by atoms with Crippen molar-refractivity contribution in [1.29, 1.82) is 0 Å². The molecule has 3 rings (SSSR count). The summed E-state index contributed by atoms with van der Waals surface area (Å²) in [5, 5.41) is 0. The van der Waals surface area contributed by atoms with Crippen LogP contribution in [-0.4, -0.2) is 42.8 Å². The number of nitrogens with zero attached hydrogens (tertiary/aromatic N) is 3. The van der Waals surface area contributed by atoms with Crippen molar-refractivity contribution < 1.29 is 4.74 Å². The molecule has 2 atom stereocenters. The average Bonchev–Trinajstić information content (AvgIpc) is 3.02. The van der Waals surface area contributed by atoms with Gasteiger partial charge in [-0.3, -0.25) is 4.98 Å². The number of hydrogen-bond donors (Lipinski definition) is 2. The maximum Gasteiger partial charge on any atom is 0.213 e. The summed E-state index contributed by atoms with van der Waals surface area (Å²) in [5.41, 5.74) is 14.6. The van der Waals surface area contributed by atoms with Crippen LogP contribution < -0.4 is 21.1 Å². The zero-order valence-corrected chi connectivity index (χ0v) is 12.2. The molecule has 0 amide bonds. The zero-order chi connectivity index (χ0) is 14.8. The Morgan fingerprint density at radius 1 is 1.43 bits per heavy atom. The summed E-state index contributed by atoms with van der Waals surface area (Å²) in [6.45, 7) is 2.41. The predicted octanol–water partition coefficient (Wildman–Crippen LogP) is 0.751. The van der Waals surface area contributed by atoms with Gasteiger partial charge in [-0.15, -0.1) is 0 Å². The van der Waals surface area contributed by atoms with Crippen molar-refractivity contribution in [1.82, 2.24) is 9.97 Å². The Bertz CT molecular complexity index is 632. The molecule has 1 saturated heterocycles. The molecule has 6 nitrogen and oxygen atoms in total. The molecule has 2 aromatic heterocycles. The third-order valence-corrected chi connectivity index (χ3v) is 4.19. The highest BCUT2D eigenvalue weighted by atomic mass is 16.5. The Kier molecular flexibility index (Phi) is 3.90. The van der Waals surface area contributed by atoms with Crippen molar-refractivity contribution in [2.45, 2.75) is 12.5 Å². The normalized spacial score (nSPS) is 20.0. The van der Waals surface area contributed by atoms with Crippen molar-refractivity contribution >= 4 is 16.7 Å². The second kappa shape index (κ2) is 5.83. The molecule has 3 heterocycles. The van der Waals surface area contributed by atoms with Crippen LogP contribution in [0.3, 0.4) is 0 Å². The van der Waals surface area contributed by atoms with E-state index in [1.807, 2.05) is 24.4 Å². The van der Waals surface area contributed by atoms with Gasteiger partial charge in [-0.25, -0.2) is 4.98 Å². The topological polar surface area (TPSA) is 90.3 Å². The summed E-state index contributed by atoms with van der Waals surface area (Å²) in [5.74, 6) is 1.04. The van der Waals surface area contributed by atoms with Crippen LogP contribution in [0.1, 0.15) is 6.42 Å². The first-order chi connectivity index (χ1) is 10.2. The Morgan fingerprint density at radius 3 is 3.05 bits per heavy atom. The van der Waals surface area contributed by atoms with Gasteiger partial charge >= 0.3 is 0 Å². The zero-order valence-electron chi connectivity index (χ0n) is 12.2. The molecule has 4 N–H and O–H groups in total. The van der Waals surface area contributed by atoms with E-state index in [1.165, 1.54) is 0 Å². The molecule has 112 valence electrons. The van der Waals surface area contributed by atoms with E-state index < -0.39 is 0 Å². The van der Waals surface area contributed by atoms with Gasteiger partial charge < -0.3 is 21.1 Å². The van der Waals surface area contributed by atoms with Crippen LogP contribution in [0.15, 0.2) is 24.4 Å². The molecular weight excluding hydrogens is 266 g/mol. The fourth-order valence-corrected chi connectivity index (χ4v) is 2.91. The second-order valence-corrected chi connectivity index (χ2v) is 5.45. The van der Waals surface area contributed by atoms with E-state index in [0.29, 0.717) is 18.3 Å². The lowest BCUT2D eigenvalue weighted by atomic mass is 10.0. The molecule has 2 aromatic rings. The van der Waals surface area contributed by atoms with Gasteiger partial charge in [0.15, 0.2) is 0 Å². The number of pyridine rings is 2. The molecule has 0 radical (unpaired) electrons. The molecule has 0 aromatic carbocycles. The van der Waals surface area contributed by atoms with E-state index in [2.05, 4.69) is 14.9 Å². The van der Waals surface area contributed by atoms with Gasteiger partial charge in [0, 0.05) is 37.9 Å². The largest absolute Gasteiger partial charge is 0.481 e. The molecule has 1 aliphatic rings. The van der Waals surface area contributed by atoms with E-state index in [-0.39, 0.29) is 6.04 Å². The Balaban J connectivity index is 1.93. The van der Waals surface area contributed by atoms with Gasteiger partial charge in [-0.05, 0) is 24.5 Å². The smallest absolute Gasteiger partial charge is 0.213 e. The summed E-state index contributed by atoms with van der Waals surface area (Å²) in [6, 6.07) is 5.83. The van der Waals surface area contributed by atoms with E-state index in [4.69, 9.17) is 16.2 Å². The highest BCUT2D eigenvalue weighted by Gasteiger charge is 2.28. The number of fused-ring (bicyclic) bond motifs is 1. The standard InChI is InChI=1S/C15H21N5O/c1-21-14-3-2-12-15(19-14)13(4-6-18-12)20-7-5-10(9-20)11(17)8-16/h2-4,6,10-11H,5,7-9,16-17H2,1H3. The molecule has 21 heavy (non-hydrogen) atoms. The van der Waals surface area contributed by atoms with Crippen molar-refractivity contribution in [3.63, 3.8) is 0 Å². The number of hydrogen-bond acceptors (Lipinski definition) is 6. The minimum atomic E-state index is 0.0607. The lowest BCUT2D eigenvalue weighted by Crippen LogP contribution is -2.38. The fourth-order valence-electron chi connectivity index (χ4n) is 2.91. The van der Waals surface area contributed by atoms with Gasteiger partial charge in [-0.2, -0.15) is 0 Å². The van der Waals surface area contributed by atoms with Gasteiger partial charge in [0.2, 0.25) is 5.88 Å². The summed E-state index contributed by atoms with van der Waals surface area (Å²) >= 11 is 0. The fraction of sp³-hybridized carbons (Fsp3) is 0.467. The third kappa shape index (κ3) is 2.64. The minimum absolute atomic E-state index is 0.0607. The lowest BCUT2D eigenvalue weighted by Gasteiger charge is -2.21. The Labute approximate surface area is 124 Å². The number of anilines is 1. The second-order valence-electron chi connectivity index (χ2n) is 5.45. The van der Waals surface area contributed by atoms with E-state index in [0.717, 1.165) is 36.2 Å². The first kappa shape index (κ1) is 14.0. The number of rotatable bonds is 4. The molecule has 1 aliphatic heterocycles. The number of methoxy groups -OCH3 is 1. The van der Waals surface area contributed by atoms with Crippen molar-refractivity contribution in [3.8, 4) is 5.88 Å². The SMILES string of the molecule is COc1ccc2nccc(N3CCC(C(N)CN)C3)c2n1. The first-order valence-electron chi connectivity index (χ1n) is 7.23. The van der Waals surface area contributed by atoms with Gasteiger partial charge in [0.05, 0.1) is 18.3 Å². The summed E-state index contributed by atoms with van der Waals surface area (Å²) in [7, 11) is 1.62. The highest BCUT2D eigenvalue weighted by molar-refractivity contribution is 5.88. The van der Waals surface area contributed by atoms with Crippen LogP contribution in [0.25, 0.3) is 11.0 Å². The van der Waals surface area contributed by atoms with Crippen LogP contribution in [0.2, 0.25) is 0 Å². The monoisotopic (exact) mass is 287 g/mol. The molecule has 0 saturated carbocycles. The Hall–Kier alpha value is -1.92. The number of nitrogens with two attached hydrogens (primary N) is 2. The number of ether oxygens (including phenoxy) is 1. The molecule has 6 heteroatoms. The van der Waals surface area contributed by atoms with Crippen LogP contribution in [-0.2, 0) is 0 Å². The number of aromatic nitrogens is 2. The van der Waals surface area contributed by atoms with Gasteiger partial charge in [0.1, 0.15) is 5.52 Å². The van der Waals surface area contributed by atoms with Gasteiger partial charge in [-0.1, -0.05) is 0 Å². The van der Waals surface area contributed by atoms with Crippen molar-refractivity contribution in [2.75, 3.05) is 31.6 Å². The lowest BCUT2D eigenvalue weighted by molar-refractivity contribution is 0.399. The molecule has 0 spiro atoms. The van der Waals surface area contributed by atoms with Crippen molar-refractivity contribution in [3.05, 3.63) is 24.4 Å². The van der Waals surface area contributed by atoms with Gasteiger partial charge in [0.25, 0.3) is 0 Å². The molecule has 0 bridgehead atoms. The van der Waals surface area contributed by atoms with Crippen LogP contribution in [0, 0.1) is 5.92 Å². The predicted molar refractivity (Wildman–Crippen MR) is 83.4 cm³/mol. The van der Waals surface area contributed by atoms with Crippen LogP contribution in [0.5, 0.6) is 5.88 Å². The van der Waals surface area contributed by atoms with E-state index in [9.17, 15) is 0 Å². The first-order valence-corrected chi connectivity index (χ1v) is 7.23. The maximum atomic E-state index is 6.08. The Morgan fingerprint density at radius 2 is 2.29 bits per heavy atom. The summed E-state index contributed by atoms with van der Waals surface area (Å²) in [6.07, 6.45) is 2.88. The van der Waals surface area contributed by atoms with E-state index in [1.54, 1.807) is 7.11 Å². The molecule has 1 fully saturated rings. The highest BCUT2D eigenvalue weighted by Crippen LogP contribution is 2.30. The minimum Gasteiger partial charge on any atom is -0.481 e. The average molecular weight is 287 g/mol. The maximum absolute atomic E-state index is 6.08. The van der Waals surface area contributed by atoms with Crippen molar-refractivity contribution in [2.24, 2.45) is 17.4 Å². The summed E-state index contributed by atoms with van der Waals surface area (Å²) in [4.78, 5) is 11.2. The van der Waals surface area contributed by atoms with E-state index >= 15 is 0 Å². The quantitative estimate of drug-likeness (QED) is 0.862.